The normalized spacial score (nSPS) is 19.4. The van der Waals surface area contributed by atoms with Crippen LogP contribution in [-0.2, 0) is 9.84 Å². The third-order valence-electron chi connectivity index (χ3n) is 7.47. The lowest BCUT2D eigenvalue weighted by atomic mass is 10.1. The van der Waals surface area contributed by atoms with E-state index in [1.165, 1.54) is 0 Å². The van der Waals surface area contributed by atoms with Crippen LogP contribution in [0.25, 0.3) is 22.5 Å². The summed E-state index contributed by atoms with van der Waals surface area (Å²) in [5.41, 5.74) is 4.40. The fourth-order valence-corrected chi connectivity index (χ4v) is 7.36. The second-order valence-electron chi connectivity index (χ2n) is 10.0. The highest BCUT2D eigenvalue weighted by Crippen LogP contribution is 2.33. The summed E-state index contributed by atoms with van der Waals surface area (Å²) >= 11 is 6.24. The predicted octanol–water partition coefficient (Wildman–Crippen LogP) is 4.28. The van der Waals surface area contributed by atoms with Crippen LogP contribution in [0.4, 0.5) is 5.69 Å². The molecule has 5 heterocycles. The van der Waals surface area contributed by atoms with Crippen LogP contribution in [0.3, 0.4) is 0 Å². The van der Waals surface area contributed by atoms with Gasteiger partial charge in [-0.1, -0.05) is 17.7 Å². The molecule has 0 saturated carbocycles. The number of nitrogens with zero attached hydrogens (tertiary/aromatic N) is 5. The number of pyridine rings is 1. The standard InChI is InChI=1S/C27H28ClN5O4S/c1-17-5-6-19(28)14-23(17)31-8-10-32(11-9-31)27(34)21-15-22(24-4-3-12-37-24)29-26-25(21)18(2)30-33(26)20-7-13-38(35,36)16-20/h3-6,12,14-15,20H,7-11,13,16H2,1-2H3. The number of carbonyl (C=O) groups excluding carboxylic acids is 1. The van der Waals surface area contributed by atoms with E-state index in [1.54, 1.807) is 29.1 Å². The summed E-state index contributed by atoms with van der Waals surface area (Å²) in [5, 5.41) is 6.03. The molecule has 6 rings (SSSR count). The number of rotatable bonds is 4. The number of furan rings is 1. The molecule has 4 aromatic rings. The zero-order valence-electron chi connectivity index (χ0n) is 21.2. The van der Waals surface area contributed by atoms with Crippen LogP contribution in [0, 0.1) is 13.8 Å². The van der Waals surface area contributed by atoms with Crippen molar-refractivity contribution in [3.8, 4) is 11.5 Å². The highest BCUT2D eigenvalue weighted by atomic mass is 35.5. The average molecular weight is 554 g/mol. The van der Waals surface area contributed by atoms with E-state index >= 15 is 0 Å². The topological polar surface area (TPSA) is 102 Å². The summed E-state index contributed by atoms with van der Waals surface area (Å²) < 4.78 is 31.7. The van der Waals surface area contributed by atoms with Crippen LogP contribution in [0.5, 0.6) is 0 Å². The first kappa shape index (κ1) is 24.9. The zero-order chi connectivity index (χ0) is 26.6. The highest BCUT2D eigenvalue weighted by molar-refractivity contribution is 7.91. The summed E-state index contributed by atoms with van der Waals surface area (Å²) in [6, 6.07) is 10.9. The van der Waals surface area contributed by atoms with Gasteiger partial charge in [0.15, 0.2) is 21.2 Å². The average Bonchev–Trinajstić information content (AvgIpc) is 3.64. The van der Waals surface area contributed by atoms with E-state index in [4.69, 9.17) is 21.0 Å². The van der Waals surface area contributed by atoms with Gasteiger partial charge in [0.25, 0.3) is 5.91 Å². The van der Waals surface area contributed by atoms with Crippen molar-refractivity contribution in [3.05, 3.63) is 64.5 Å². The van der Waals surface area contributed by atoms with Crippen LogP contribution in [-0.4, -0.2) is 71.7 Å². The van der Waals surface area contributed by atoms with E-state index in [9.17, 15) is 13.2 Å². The molecule has 0 spiro atoms. The number of amides is 1. The molecular weight excluding hydrogens is 526 g/mol. The van der Waals surface area contributed by atoms with Gasteiger partial charge in [-0.15, -0.1) is 0 Å². The summed E-state index contributed by atoms with van der Waals surface area (Å²) in [4.78, 5) is 22.9. The van der Waals surface area contributed by atoms with Gasteiger partial charge in [0.1, 0.15) is 5.69 Å². The second kappa shape index (κ2) is 9.43. The number of hydrogen-bond donors (Lipinski definition) is 0. The molecule has 2 aliphatic rings. The Morgan fingerprint density at radius 2 is 1.89 bits per heavy atom. The molecule has 2 fully saturated rings. The number of hydrogen-bond acceptors (Lipinski definition) is 7. The van der Waals surface area contributed by atoms with Gasteiger partial charge in [0.05, 0.1) is 40.5 Å². The maximum atomic E-state index is 14.0. The lowest BCUT2D eigenvalue weighted by Crippen LogP contribution is -2.49. The molecular formula is C27H28ClN5O4S. The van der Waals surface area contributed by atoms with Crippen molar-refractivity contribution in [3.63, 3.8) is 0 Å². The first-order chi connectivity index (χ1) is 18.2. The Morgan fingerprint density at radius 1 is 1.11 bits per heavy atom. The number of carbonyl (C=O) groups is 1. The van der Waals surface area contributed by atoms with Crippen LogP contribution in [0.15, 0.2) is 47.1 Å². The Hall–Kier alpha value is -3.37. The maximum Gasteiger partial charge on any atom is 0.254 e. The lowest BCUT2D eigenvalue weighted by Gasteiger charge is -2.37. The Balaban J connectivity index is 1.36. The van der Waals surface area contributed by atoms with Gasteiger partial charge >= 0.3 is 0 Å². The molecule has 38 heavy (non-hydrogen) atoms. The van der Waals surface area contributed by atoms with Crippen molar-refractivity contribution in [2.24, 2.45) is 0 Å². The Bertz CT molecular complexity index is 1640. The number of anilines is 1. The molecule has 0 bridgehead atoms. The monoisotopic (exact) mass is 553 g/mol. The van der Waals surface area contributed by atoms with Gasteiger partial charge in [-0.05, 0) is 56.2 Å². The first-order valence-corrected chi connectivity index (χ1v) is 14.8. The van der Waals surface area contributed by atoms with Crippen molar-refractivity contribution in [1.82, 2.24) is 19.7 Å². The number of sulfone groups is 1. The number of fused-ring (bicyclic) bond motifs is 1. The van der Waals surface area contributed by atoms with Crippen LogP contribution < -0.4 is 4.90 Å². The maximum absolute atomic E-state index is 14.0. The molecule has 1 amide bonds. The van der Waals surface area contributed by atoms with E-state index in [-0.39, 0.29) is 23.5 Å². The molecule has 1 unspecified atom stereocenters. The van der Waals surface area contributed by atoms with Crippen molar-refractivity contribution >= 4 is 44.1 Å². The minimum absolute atomic E-state index is 0.0179. The van der Waals surface area contributed by atoms with Crippen molar-refractivity contribution in [2.75, 3.05) is 42.6 Å². The molecule has 2 saturated heterocycles. The van der Waals surface area contributed by atoms with Crippen LogP contribution in [0.2, 0.25) is 5.02 Å². The van der Waals surface area contributed by atoms with E-state index in [2.05, 4.69) is 16.9 Å². The van der Waals surface area contributed by atoms with Gasteiger partial charge in [-0.3, -0.25) is 4.79 Å². The summed E-state index contributed by atoms with van der Waals surface area (Å²) in [7, 11) is -3.13. The fraction of sp³-hybridized carbons (Fsp3) is 0.370. The molecule has 0 aliphatic carbocycles. The van der Waals surface area contributed by atoms with E-state index in [0.29, 0.717) is 71.4 Å². The quantitative estimate of drug-likeness (QED) is 0.371. The van der Waals surface area contributed by atoms with Gasteiger partial charge in [0, 0.05) is 36.9 Å². The van der Waals surface area contributed by atoms with E-state index in [1.807, 2.05) is 30.0 Å². The molecule has 0 N–H and O–H groups in total. The molecule has 1 aromatic carbocycles. The van der Waals surface area contributed by atoms with E-state index in [0.717, 1.165) is 11.3 Å². The SMILES string of the molecule is Cc1ccc(Cl)cc1N1CCN(C(=O)c2cc(-c3ccco3)nc3c2c(C)nn3C2CCS(=O)(=O)C2)CC1. The van der Waals surface area contributed by atoms with Crippen molar-refractivity contribution in [1.29, 1.82) is 0 Å². The van der Waals surface area contributed by atoms with Gasteiger partial charge < -0.3 is 14.2 Å². The minimum Gasteiger partial charge on any atom is -0.463 e. The molecule has 0 radical (unpaired) electrons. The Labute approximate surface area is 225 Å². The Kier molecular flexibility index (Phi) is 6.19. The van der Waals surface area contributed by atoms with Crippen molar-refractivity contribution < 1.29 is 17.6 Å². The molecule has 3 aromatic heterocycles. The fourth-order valence-electron chi connectivity index (χ4n) is 5.50. The van der Waals surface area contributed by atoms with E-state index < -0.39 is 9.84 Å². The van der Waals surface area contributed by atoms with Gasteiger partial charge in [-0.25, -0.2) is 18.1 Å². The van der Waals surface area contributed by atoms with Gasteiger partial charge in [0.2, 0.25) is 0 Å². The molecule has 2 aliphatic heterocycles. The molecule has 1 atom stereocenters. The molecule has 9 nitrogen and oxygen atoms in total. The third kappa shape index (κ3) is 4.45. The molecule has 198 valence electrons. The minimum atomic E-state index is -3.13. The number of aryl methyl sites for hydroxylation is 2. The first-order valence-electron chi connectivity index (χ1n) is 12.6. The number of aromatic nitrogens is 3. The largest absolute Gasteiger partial charge is 0.463 e. The summed E-state index contributed by atoms with van der Waals surface area (Å²) in [5.74, 6) is 0.573. The number of benzene rings is 1. The highest BCUT2D eigenvalue weighted by Gasteiger charge is 2.33. The van der Waals surface area contributed by atoms with Crippen molar-refractivity contribution in [2.45, 2.75) is 26.3 Å². The van der Waals surface area contributed by atoms with Gasteiger partial charge in [-0.2, -0.15) is 5.10 Å². The number of halogens is 1. The lowest BCUT2D eigenvalue weighted by molar-refractivity contribution is 0.0748. The zero-order valence-corrected chi connectivity index (χ0v) is 22.8. The van der Waals surface area contributed by atoms with Crippen LogP contribution >= 0.6 is 11.6 Å². The third-order valence-corrected chi connectivity index (χ3v) is 9.46. The smallest absolute Gasteiger partial charge is 0.254 e. The number of piperazine rings is 1. The second-order valence-corrected chi connectivity index (χ2v) is 12.7. The predicted molar refractivity (Wildman–Crippen MR) is 147 cm³/mol. The molecule has 11 heteroatoms. The summed E-state index contributed by atoms with van der Waals surface area (Å²) in [6.07, 6.45) is 2.03. The van der Waals surface area contributed by atoms with Crippen LogP contribution in [0.1, 0.15) is 34.1 Å². The summed E-state index contributed by atoms with van der Waals surface area (Å²) in [6.45, 7) is 6.38. The Morgan fingerprint density at radius 3 is 2.58 bits per heavy atom.